The summed E-state index contributed by atoms with van der Waals surface area (Å²) in [5.74, 6) is 1.65. The summed E-state index contributed by atoms with van der Waals surface area (Å²) in [6.07, 6.45) is 0.865. The van der Waals surface area contributed by atoms with E-state index in [1.165, 1.54) is 5.56 Å². The van der Waals surface area contributed by atoms with E-state index in [2.05, 4.69) is 68.7 Å². The molecule has 5 heteroatoms. The summed E-state index contributed by atoms with van der Waals surface area (Å²) < 4.78 is 1.79. The quantitative estimate of drug-likeness (QED) is 0.810. The van der Waals surface area contributed by atoms with Gasteiger partial charge in [0.25, 0.3) is 0 Å². The molecule has 0 aliphatic carbocycles. The highest BCUT2D eigenvalue weighted by atomic mass is 79.9. The molecule has 0 amide bonds. The molecule has 2 aromatic rings. The molecule has 1 heterocycles. The zero-order valence-corrected chi connectivity index (χ0v) is 14.9. The van der Waals surface area contributed by atoms with Gasteiger partial charge in [-0.3, -0.25) is 0 Å². The summed E-state index contributed by atoms with van der Waals surface area (Å²) in [5, 5.41) is 0. The normalized spacial score (nSPS) is 11.1. The fraction of sp³-hybridized carbons (Fsp3) is 0.333. The molecule has 0 spiro atoms. The van der Waals surface area contributed by atoms with Crippen molar-refractivity contribution in [2.45, 2.75) is 27.2 Å². The maximum absolute atomic E-state index is 6.00. The minimum atomic E-state index is 0.484. The molecule has 0 radical (unpaired) electrons. The third kappa shape index (κ3) is 3.38. The van der Waals surface area contributed by atoms with E-state index in [4.69, 9.17) is 5.73 Å². The van der Waals surface area contributed by atoms with Crippen LogP contribution in [0.15, 0.2) is 27.1 Å². The number of halogens is 2. The number of aromatic nitrogens is 2. The van der Waals surface area contributed by atoms with Crippen LogP contribution in [0, 0.1) is 12.8 Å². The van der Waals surface area contributed by atoms with Gasteiger partial charge in [0.15, 0.2) is 5.82 Å². The number of nitrogens with zero attached hydrogens (tertiary/aromatic N) is 2. The van der Waals surface area contributed by atoms with Crippen LogP contribution in [0.25, 0.3) is 11.4 Å². The molecule has 3 nitrogen and oxygen atoms in total. The molecule has 2 N–H and O–H groups in total. The van der Waals surface area contributed by atoms with Crippen molar-refractivity contribution in [3.63, 3.8) is 0 Å². The summed E-state index contributed by atoms with van der Waals surface area (Å²) in [7, 11) is 0. The van der Waals surface area contributed by atoms with Crippen molar-refractivity contribution in [2.24, 2.45) is 5.92 Å². The molecule has 0 fully saturated rings. The number of hydrogen-bond acceptors (Lipinski definition) is 3. The highest BCUT2D eigenvalue weighted by molar-refractivity contribution is 9.11. The van der Waals surface area contributed by atoms with Gasteiger partial charge >= 0.3 is 0 Å². The fourth-order valence-corrected chi connectivity index (χ4v) is 2.97. The van der Waals surface area contributed by atoms with Gasteiger partial charge in [0.05, 0.1) is 10.2 Å². The zero-order chi connectivity index (χ0) is 14.9. The molecule has 0 atom stereocenters. The average Bonchev–Trinajstić information content (AvgIpc) is 2.34. The Morgan fingerprint density at radius 2 is 1.90 bits per heavy atom. The molecule has 0 saturated heterocycles. The van der Waals surface area contributed by atoms with Crippen LogP contribution in [0.4, 0.5) is 5.82 Å². The number of anilines is 1. The molecule has 20 heavy (non-hydrogen) atoms. The molecular weight excluding hydrogens is 382 g/mol. The minimum absolute atomic E-state index is 0.484. The lowest BCUT2D eigenvalue weighted by Gasteiger charge is -2.12. The Morgan fingerprint density at radius 1 is 1.20 bits per heavy atom. The minimum Gasteiger partial charge on any atom is -0.383 e. The Hall–Kier alpha value is -0.940. The third-order valence-electron chi connectivity index (χ3n) is 2.91. The topological polar surface area (TPSA) is 51.8 Å². The number of nitrogens with two attached hydrogens (primary N) is 1. The van der Waals surface area contributed by atoms with E-state index < -0.39 is 0 Å². The summed E-state index contributed by atoms with van der Waals surface area (Å²) in [5.41, 5.74) is 9.10. The molecule has 1 aromatic carbocycles. The molecule has 0 saturated carbocycles. The lowest BCUT2D eigenvalue weighted by molar-refractivity contribution is 0.633. The summed E-state index contributed by atoms with van der Waals surface area (Å²) in [6.45, 7) is 6.37. The van der Waals surface area contributed by atoms with Gasteiger partial charge in [0.2, 0.25) is 0 Å². The standard InChI is InChI=1S/C15H17Br2N3/c1-8(2)6-12-13(17)14(18)20-15(19-12)10-5-4-9(3)7-11(10)16/h4-5,7-8H,6H2,1-3H3,(H2,18,19,20). The first-order valence-corrected chi connectivity index (χ1v) is 8.05. The second-order valence-electron chi connectivity index (χ2n) is 5.27. The monoisotopic (exact) mass is 397 g/mol. The predicted octanol–water partition coefficient (Wildman–Crippen LogP) is 4.76. The molecule has 2 rings (SSSR count). The largest absolute Gasteiger partial charge is 0.383 e. The number of nitrogen functional groups attached to an aromatic ring is 1. The first kappa shape index (κ1) is 15.4. The highest BCUT2D eigenvalue weighted by Gasteiger charge is 2.14. The Morgan fingerprint density at radius 3 is 2.50 bits per heavy atom. The van der Waals surface area contributed by atoms with Gasteiger partial charge in [-0.1, -0.05) is 35.8 Å². The van der Waals surface area contributed by atoms with Crippen molar-refractivity contribution in [2.75, 3.05) is 5.73 Å². The molecular formula is C15H17Br2N3. The summed E-state index contributed by atoms with van der Waals surface area (Å²) in [4.78, 5) is 9.06. The molecule has 0 aliphatic heterocycles. The zero-order valence-electron chi connectivity index (χ0n) is 11.7. The van der Waals surface area contributed by atoms with Crippen LogP contribution in [-0.4, -0.2) is 9.97 Å². The number of benzene rings is 1. The lowest BCUT2D eigenvalue weighted by atomic mass is 10.1. The van der Waals surface area contributed by atoms with Crippen molar-refractivity contribution in [1.82, 2.24) is 9.97 Å². The Bertz CT molecular complexity index is 639. The molecule has 1 aromatic heterocycles. The van der Waals surface area contributed by atoms with E-state index in [1.807, 2.05) is 12.1 Å². The predicted molar refractivity (Wildman–Crippen MR) is 90.6 cm³/mol. The smallest absolute Gasteiger partial charge is 0.162 e. The van der Waals surface area contributed by atoms with Crippen LogP contribution >= 0.6 is 31.9 Å². The van der Waals surface area contributed by atoms with E-state index in [0.29, 0.717) is 17.6 Å². The van der Waals surface area contributed by atoms with E-state index >= 15 is 0 Å². The first-order chi connectivity index (χ1) is 9.38. The van der Waals surface area contributed by atoms with E-state index in [0.717, 1.165) is 26.6 Å². The lowest BCUT2D eigenvalue weighted by Crippen LogP contribution is -2.06. The van der Waals surface area contributed by atoms with Crippen molar-refractivity contribution >= 4 is 37.7 Å². The number of aryl methyl sites for hydroxylation is 1. The van der Waals surface area contributed by atoms with E-state index in [9.17, 15) is 0 Å². The molecule has 0 aliphatic rings. The molecule has 0 bridgehead atoms. The van der Waals surface area contributed by atoms with Gasteiger partial charge in [-0.15, -0.1) is 0 Å². The van der Waals surface area contributed by atoms with Crippen molar-refractivity contribution in [3.8, 4) is 11.4 Å². The van der Waals surface area contributed by atoms with Gasteiger partial charge in [-0.25, -0.2) is 9.97 Å². The van der Waals surface area contributed by atoms with Gasteiger partial charge in [0.1, 0.15) is 5.82 Å². The maximum atomic E-state index is 6.00. The third-order valence-corrected chi connectivity index (χ3v) is 4.43. The fourth-order valence-electron chi connectivity index (χ4n) is 1.96. The molecule has 0 unspecified atom stereocenters. The number of hydrogen-bond donors (Lipinski definition) is 1. The van der Waals surface area contributed by atoms with Crippen molar-refractivity contribution in [1.29, 1.82) is 0 Å². The van der Waals surface area contributed by atoms with Gasteiger partial charge in [-0.05, 0) is 52.9 Å². The number of rotatable bonds is 3. The van der Waals surface area contributed by atoms with Crippen LogP contribution in [0.2, 0.25) is 0 Å². The second-order valence-corrected chi connectivity index (χ2v) is 6.92. The Balaban J connectivity index is 2.54. The van der Waals surface area contributed by atoms with Gasteiger partial charge < -0.3 is 5.73 Å². The van der Waals surface area contributed by atoms with Crippen molar-refractivity contribution in [3.05, 3.63) is 38.4 Å². The SMILES string of the molecule is Cc1ccc(-c2nc(N)c(Br)c(CC(C)C)n2)c(Br)c1. The van der Waals surface area contributed by atoms with Crippen LogP contribution in [0.1, 0.15) is 25.1 Å². The molecule has 106 valence electrons. The van der Waals surface area contributed by atoms with Crippen LogP contribution in [0.5, 0.6) is 0 Å². The van der Waals surface area contributed by atoms with Crippen molar-refractivity contribution < 1.29 is 0 Å². The van der Waals surface area contributed by atoms with Crippen LogP contribution in [-0.2, 0) is 6.42 Å². The Kier molecular flexibility index (Phi) is 4.81. The van der Waals surface area contributed by atoms with Gasteiger partial charge in [0, 0.05) is 10.0 Å². The summed E-state index contributed by atoms with van der Waals surface area (Å²) >= 11 is 7.05. The highest BCUT2D eigenvalue weighted by Crippen LogP contribution is 2.31. The van der Waals surface area contributed by atoms with E-state index in [1.54, 1.807) is 0 Å². The van der Waals surface area contributed by atoms with Gasteiger partial charge in [-0.2, -0.15) is 0 Å². The Labute approximate surface area is 136 Å². The maximum Gasteiger partial charge on any atom is 0.162 e. The van der Waals surface area contributed by atoms with Crippen LogP contribution < -0.4 is 5.73 Å². The average molecular weight is 399 g/mol. The first-order valence-electron chi connectivity index (χ1n) is 6.47. The van der Waals surface area contributed by atoms with E-state index in [-0.39, 0.29) is 0 Å². The second kappa shape index (κ2) is 6.22. The summed E-state index contributed by atoms with van der Waals surface area (Å²) in [6, 6.07) is 6.12. The van der Waals surface area contributed by atoms with Crippen LogP contribution in [0.3, 0.4) is 0 Å².